The highest BCUT2D eigenvalue weighted by Gasteiger charge is 2.23. The fraction of sp³-hybridized carbons (Fsp3) is 0.875. The molecule has 10 heavy (non-hydrogen) atoms. The molecule has 0 heterocycles. The SMILES string of the molecule is CCN[C@@](C)(C=N)C(C)C. The van der Waals surface area contributed by atoms with Crippen LogP contribution in [0.25, 0.3) is 0 Å². The third-order valence-corrected chi connectivity index (χ3v) is 2.06. The lowest BCUT2D eigenvalue weighted by molar-refractivity contribution is 0.368. The third-order valence-electron chi connectivity index (χ3n) is 2.06. The van der Waals surface area contributed by atoms with Crippen LogP contribution in [0.1, 0.15) is 27.7 Å². The molecule has 60 valence electrons. The second-order valence-corrected chi connectivity index (χ2v) is 3.11. The van der Waals surface area contributed by atoms with Crippen molar-refractivity contribution in [2.75, 3.05) is 6.54 Å². The largest absolute Gasteiger partial charge is 0.311 e. The highest BCUT2D eigenvalue weighted by Crippen LogP contribution is 2.12. The summed E-state index contributed by atoms with van der Waals surface area (Å²) in [6.45, 7) is 9.27. The van der Waals surface area contributed by atoms with Crippen LogP contribution in [0.2, 0.25) is 0 Å². The number of hydrogen-bond donors (Lipinski definition) is 2. The molecule has 0 amide bonds. The molecule has 0 aliphatic rings. The van der Waals surface area contributed by atoms with Gasteiger partial charge in [0.05, 0.1) is 5.54 Å². The van der Waals surface area contributed by atoms with E-state index in [0.717, 1.165) is 6.54 Å². The summed E-state index contributed by atoms with van der Waals surface area (Å²) in [6, 6.07) is 0. The maximum absolute atomic E-state index is 7.20. The van der Waals surface area contributed by atoms with E-state index in [2.05, 4.69) is 26.1 Å². The predicted molar refractivity (Wildman–Crippen MR) is 45.7 cm³/mol. The van der Waals surface area contributed by atoms with E-state index in [-0.39, 0.29) is 5.54 Å². The molecule has 0 unspecified atom stereocenters. The summed E-state index contributed by atoms with van der Waals surface area (Å²) >= 11 is 0. The molecule has 2 N–H and O–H groups in total. The van der Waals surface area contributed by atoms with Crippen molar-refractivity contribution in [2.24, 2.45) is 5.92 Å². The molecular formula is C8H18N2. The van der Waals surface area contributed by atoms with E-state index in [1.54, 1.807) is 0 Å². The van der Waals surface area contributed by atoms with Crippen molar-refractivity contribution in [1.29, 1.82) is 5.41 Å². The molecule has 0 aliphatic carbocycles. The van der Waals surface area contributed by atoms with Gasteiger partial charge < -0.3 is 10.7 Å². The Morgan fingerprint density at radius 2 is 2.10 bits per heavy atom. The van der Waals surface area contributed by atoms with Gasteiger partial charge in [0.2, 0.25) is 0 Å². The molecule has 0 saturated carbocycles. The monoisotopic (exact) mass is 142 g/mol. The van der Waals surface area contributed by atoms with Gasteiger partial charge in [-0.25, -0.2) is 0 Å². The first-order valence-electron chi connectivity index (χ1n) is 3.83. The number of rotatable bonds is 4. The lowest BCUT2D eigenvalue weighted by Gasteiger charge is -2.29. The Morgan fingerprint density at radius 3 is 2.20 bits per heavy atom. The lowest BCUT2D eigenvalue weighted by atomic mass is 9.90. The molecular weight excluding hydrogens is 124 g/mol. The number of hydrogen-bond acceptors (Lipinski definition) is 2. The summed E-state index contributed by atoms with van der Waals surface area (Å²) in [5.74, 6) is 0.477. The van der Waals surface area contributed by atoms with Crippen LogP contribution < -0.4 is 5.32 Å². The van der Waals surface area contributed by atoms with Crippen molar-refractivity contribution in [3.8, 4) is 0 Å². The molecule has 0 saturated heterocycles. The first-order valence-corrected chi connectivity index (χ1v) is 3.83. The van der Waals surface area contributed by atoms with Gasteiger partial charge in [-0.2, -0.15) is 0 Å². The van der Waals surface area contributed by atoms with E-state index >= 15 is 0 Å². The molecule has 0 spiro atoms. The number of nitrogens with one attached hydrogen (secondary N) is 2. The summed E-state index contributed by atoms with van der Waals surface area (Å²) in [5.41, 5.74) is -0.116. The van der Waals surface area contributed by atoms with Crippen LogP contribution in [0.3, 0.4) is 0 Å². The summed E-state index contributed by atoms with van der Waals surface area (Å²) in [6.07, 6.45) is 1.49. The van der Waals surface area contributed by atoms with Crippen LogP contribution >= 0.6 is 0 Å². The topological polar surface area (TPSA) is 35.9 Å². The summed E-state index contributed by atoms with van der Waals surface area (Å²) in [5, 5.41) is 10.5. The van der Waals surface area contributed by atoms with Gasteiger partial charge in [0.25, 0.3) is 0 Å². The van der Waals surface area contributed by atoms with E-state index in [1.807, 2.05) is 6.92 Å². The summed E-state index contributed by atoms with van der Waals surface area (Å²) in [7, 11) is 0. The van der Waals surface area contributed by atoms with Crippen molar-refractivity contribution in [3.63, 3.8) is 0 Å². The van der Waals surface area contributed by atoms with E-state index in [1.165, 1.54) is 6.21 Å². The van der Waals surface area contributed by atoms with Gasteiger partial charge in [0.1, 0.15) is 0 Å². The molecule has 2 heteroatoms. The quantitative estimate of drug-likeness (QED) is 0.575. The standard InChI is InChI=1S/C8H18N2/c1-5-10-8(4,6-9)7(2)3/h6-7,9-10H,5H2,1-4H3/t8-/m0/s1. The average Bonchev–Trinajstić information content (AvgIpc) is 1.88. The molecule has 0 aromatic carbocycles. The first kappa shape index (κ1) is 9.63. The van der Waals surface area contributed by atoms with Gasteiger partial charge in [0, 0.05) is 6.21 Å². The molecule has 1 atom stereocenters. The molecule has 0 bridgehead atoms. The van der Waals surface area contributed by atoms with Crippen molar-refractivity contribution < 1.29 is 0 Å². The minimum Gasteiger partial charge on any atom is -0.311 e. The van der Waals surface area contributed by atoms with Crippen molar-refractivity contribution in [2.45, 2.75) is 33.2 Å². The zero-order chi connectivity index (χ0) is 8.20. The second-order valence-electron chi connectivity index (χ2n) is 3.11. The predicted octanol–water partition coefficient (Wildman–Crippen LogP) is 1.66. The minimum atomic E-state index is -0.116. The van der Waals surface area contributed by atoms with Crippen LogP contribution in [0.15, 0.2) is 0 Å². The van der Waals surface area contributed by atoms with Gasteiger partial charge in [0.15, 0.2) is 0 Å². The summed E-state index contributed by atoms with van der Waals surface area (Å²) < 4.78 is 0. The van der Waals surface area contributed by atoms with Gasteiger partial charge in [-0.3, -0.25) is 0 Å². The highest BCUT2D eigenvalue weighted by molar-refractivity contribution is 5.66. The molecule has 0 radical (unpaired) electrons. The Labute approximate surface area is 63.5 Å². The third kappa shape index (κ3) is 2.10. The maximum atomic E-state index is 7.20. The maximum Gasteiger partial charge on any atom is 0.0525 e. The van der Waals surface area contributed by atoms with Gasteiger partial charge >= 0.3 is 0 Å². The molecule has 0 fully saturated rings. The van der Waals surface area contributed by atoms with Crippen LogP contribution in [0.5, 0.6) is 0 Å². The van der Waals surface area contributed by atoms with Crippen molar-refractivity contribution >= 4 is 6.21 Å². The average molecular weight is 142 g/mol. The van der Waals surface area contributed by atoms with E-state index < -0.39 is 0 Å². The van der Waals surface area contributed by atoms with E-state index in [0.29, 0.717) is 5.92 Å². The zero-order valence-electron chi connectivity index (χ0n) is 7.36. The van der Waals surface area contributed by atoms with Crippen LogP contribution in [0, 0.1) is 11.3 Å². The fourth-order valence-electron chi connectivity index (χ4n) is 0.803. The van der Waals surface area contributed by atoms with Crippen molar-refractivity contribution in [1.82, 2.24) is 5.32 Å². The van der Waals surface area contributed by atoms with Gasteiger partial charge in [-0.05, 0) is 19.4 Å². The van der Waals surface area contributed by atoms with Crippen molar-refractivity contribution in [3.05, 3.63) is 0 Å². The Kier molecular flexibility index (Phi) is 3.58. The van der Waals surface area contributed by atoms with Crippen LogP contribution in [-0.4, -0.2) is 18.3 Å². The normalized spacial score (nSPS) is 16.9. The molecule has 0 aromatic rings. The first-order chi connectivity index (χ1) is 4.56. The van der Waals surface area contributed by atoms with Crippen LogP contribution in [-0.2, 0) is 0 Å². The molecule has 0 aromatic heterocycles. The lowest BCUT2D eigenvalue weighted by Crippen LogP contribution is -2.48. The van der Waals surface area contributed by atoms with E-state index in [4.69, 9.17) is 5.41 Å². The molecule has 2 nitrogen and oxygen atoms in total. The smallest absolute Gasteiger partial charge is 0.0525 e. The molecule has 0 rings (SSSR count). The zero-order valence-corrected chi connectivity index (χ0v) is 7.36. The minimum absolute atomic E-state index is 0.116. The highest BCUT2D eigenvalue weighted by atomic mass is 15.0. The van der Waals surface area contributed by atoms with Gasteiger partial charge in [-0.15, -0.1) is 0 Å². The Hall–Kier alpha value is -0.370. The molecule has 0 aliphatic heterocycles. The second kappa shape index (κ2) is 3.71. The van der Waals surface area contributed by atoms with Gasteiger partial charge in [-0.1, -0.05) is 20.8 Å². The van der Waals surface area contributed by atoms with E-state index in [9.17, 15) is 0 Å². The Balaban J connectivity index is 4.08. The Bertz CT molecular complexity index is 110. The summed E-state index contributed by atoms with van der Waals surface area (Å²) in [4.78, 5) is 0. The van der Waals surface area contributed by atoms with Crippen LogP contribution in [0.4, 0.5) is 0 Å². The fourth-order valence-corrected chi connectivity index (χ4v) is 0.803. The Morgan fingerprint density at radius 1 is 1.60 bits per heavy atom.